The summed E-state index contributed by atoms with van der Waals surface area (Å²) in [7, 11) is 0. The molecule has 3 heteroatoms. The second kappa shape index (κ2) is 8.57. The molecule has 0 fully saturated rings. The summed E-state index contributed by atoms with van der Waals surface area (Å²) in [6.45, 7) is 9.14. The van der Waals surface area contributed by atoms with Crippen molar-refractivity contribution in [2.24, 2.45) is 0 Å². The first-order valence-electron chi connectivity index (χ1n) is 5.74. The average molecular weight is 244 g/mol. The number of hydrogen-bond acceptors (Lipinski definition) is 2. The molecular formula is C13H22ClNO. The van der Waals surface area contributed by atoms with Gasteiger partial charge in [0.05, 0.1) is 0 Å². The molecule has 1 aromatic rings. The molecule has 1 atom stereocenters. The van der Waals surface area contributed by atoms with Crippen LogP contribution in [-0.4, -0.2) is 24.6 Å². The number of ether oxygens (including phenoxy) is 1. The van der Waals surface area contributed by atoms with Crippen molar-refractivity contribution >= 4 is 12.4 Å². The average Bonchev–Trinajstić information content (AvgIpc) is 2.30. The predicted molar refractivity (Wildman–Crippen MR) is 71.0 cm³/mol. The van der Waals surface area contributed by atoms with Crippen LogP contribution in [0.25, 0.3) is 0 Å². The third-order valence-corrected chi connectivity index (χ3v) is 2.55. The maximum Gasteiger partial charge on any atom is 0.136 e. The van der Waals surface area contributed by atoms with E-state index >= 15 is 0 Å². The quantitative estimate of drug-likeness (QED) is 0.710. The van der Waals surface area contributed by atoms with Gasteiger partial charge >= 0.3 is 0 Å². The molecule has 0 bridgehead atoms. The Morgan fingerprint density at radius 2 is 1.62 bits per heavy atom. The predicted octanol–water partition coefficient (Wildman–Crippen LogP) is 3.49. The van der Waals surface area contributed by atoms with Crippen LogP contribution >= 0.6 is 12.4 Å². The lowest BCUT2D eigenvalue weighted by Gasteiger charge is -2.29. The van der Waals surface area contributed by atoms with E-state index in [-0.39, 0.29) is 18.6 Å². The number of hydrogen-bond donors (Lipinski definition) is 0. The Labute approximate surface area is 105 Å². The smallest absolute Gasteiger partial charge is 0.136 e. The Balaban J connectivity index is 0.00000225. The van der Waals surface area contributed by atoms with E-state index in [4.69, 9.17) is 4.74 Å². The first-order chi connectivity index (χ1) is 7.33. The number of rotatable bonds is 6. The van der Waals surface area contributed by atoms with Crippen molar-refractivity contribution in [2.45, 2.75) is 27.0 Å². The first-order valence-corrected chi connectivity index (χ1v) is 5.74. The molecular weight excluding hydrogens is 222 g/mol. The third kappa shape index (κ3) is 4.12. The van der Waals surface area contributed by atoms with Crippen molar-refractivity contribution in [3.05, 3.63) is 35.9 Å². The standard InChI is InChI=1S/C13H21NO.ClH/c1-4-14(5-2)13(15-6-3)12-10-8-7-9-11-12;/h7-11,13H,4-6H2,1-3H3;1H. The zero-order chi connectivity index (χ0) is 11.1. The molecule has 0 amide bonds. The highest BCUT2D eigenvalue weighted by Crippen LogP contribution is 2.21. The summed E-state index contributed by atoms with van der Waals surface area (Å²) in [6, 6.07) is 10.4. The van der Waals surface area contributed by atoms with Gasteiger partial charge in [0.25, 0.3) is 0 Å². The van der Waals surface area contributed by atoms with Gasteiger partial charge in [-0.15, -0.1) is 12.4 Å². The summed E-state index contributed by atoms with van der Waals surface area (Å²) in [5.41, 5.74) is 1.24. The Morgan fingerprint density at radius 1 is 1.06 bits per heavy atom. The van der Waals surface area contributed by atoms with Crippen LogP contribution in [0.1, 0.15) is 32.6 Å². The van der Waals surface area contributed by atoms with Crippen LogP contribution in [0.3, 0.4) is 0 Å². The van der Waals surface area contributed by atoms with Crippen molar-refractivity contribution in [2.75, 3.05) is 19.7 Å². The summed E-state index contributed by atoms with van der Waals surface area (Å²) in [5, 5.41) is 0. The Bertz CT molecular complexity index is 262. The molecule has 0 aliphatic heterocycles. The lowest BCUT2D eigenvalue weighted by atomic mass is 10.2. The van der Waals surface area contributed by atoms with E-state index < -0.39 is 0 Å². The lowest BCUT2D eigenvalue weighted by molar-refractivity contribution is -0.0530. The van der Waals surface area contributed by atoms with Gasteiger partial charge in [-0.25, -0.2) is 0 Å². The van der Waals surface area contributed by atoms with Crippen LogP contribution in [-0.2, 0) is 4.74 Å². The summed E-state index contributed by atoms with van der Waals surface area (Å²) in [5.74, 6) is 0. The van der Waals surface area contributed by atoms with Crippen LogP contribution in [0.2, 0.25) is 0 Å². The summed E-state index contributed by atoms with van der Waals surface area (Å²) in [6.07, 6.45) is 0.103. The molecule has 1 rings (SSSR count). The SMILES string of the molecule is CCOC(c1ccccc1)N(CC)CC.Cl. The topological polar surface area (TPSA) is 12.5 Å². The van der Waals surface area contributed by atoms with Crippen LogP contribution in [0.15, 0.2) is 30.3 Å². The Hall–Kier alpha value is -0.570. The maximum absolute atomic E-state index is 5.80. The van der Waals surface area contributed by atoms with Gasteiger partial charge in [0.15, 0.2) is 0 Å². The van der Waals surface area contributed by atoms with Crippen LogP contribution in [0, 0.1) is 0 Å². The van der Waals surface area contributed by atoms with Gasteiger partial charge in [-0.1, -0.05) is 44.2 Å². The van der Waals surface area contributed by atoms with Gasteiger partial charge < -0.3 is 4.74 Å². The van der Waals surface area contributed by atoms with E-state index in [1.54, 1.807) is 0 Å². The van der Waals surface area contributed by atoms with Crippen molar-refractivity contribution in [3.8, 4) is 0 Å². The third-order valence-electron chi connectivity index (χ3n) is 2.55. The van der Waals surface area contributed by atoms with Gasteiger partial charge in [-0.3, -0.25) is 4.90 Å². The number of halogens is 1. The fourth-order valence-electron chi connectivity index (χ4n) is 1.74. The molecule has 0 radical (unpaired) electrons. The molecule has 92 valence electrons. The molecule has 0 heterocycles. The maximum atomic E-state index is 5.80. The molecule has 0 N–H and O–H groups in total. The van der Waals surface area contributed by atoms with E-state index in [0.29, 0.717) is 0 Å². The van der Waals surface area contributed by atoms with E-state index in [9.17, 15) is 0 Å². The molecule has 16 heavy (non-hydrogen) atoms. The lowest BCUT2D eigenvalue weighted by Crippen LogP contribution is -2.30. The molecule has 2 nitrogen and oxygen atoms in total. The minimum atomic E-state index is 0. The van der Waals surface area contributed by atoms with Crippen molar-refractivity contribution in [1.82, 2.24) is 4.90 Å². The van der Waals surface area contributed by atoms with Crippen molar-refractivity contribution in [3.63, 3.8) is 0 Å². The van der Waals surface area contributed by atoms with Crippen LogP contribution < -0.4 is 0 Å². The molecule has 0 aliphatic rings. The van der Waals surface area contributed by atoms with Gasteiger partial charge in [0, 0.05) is 6.61 Å². The zero-order valence-corrected chi connectivity index (χ0v) is 11.2. The first kappa shape index (κ1) is 15.4. The summed E-state index contributed by atoms with van der Waals surface area (Å²) >= 11 is 0. The second-order valence-corrected chi connectivity index (χ2v) is 3.44. The van der Waals surface area contributed by atoms with E-state index in [0.717, 1.165) is 19.7 Å². The minimum Gasteiger partial charge on any atom is -0.359 e. The van der Waals surface area contributed by atoms with Gasteiger partial charge in [0.2, 0.25) is 0 Å². The van der Waals surface area contributed by atoms with E-state index in [2.05, 4.69) is 43.0 Å². The molecule has 0 aliphatic carbocycles. The largest absolute Gasteiger partial charge is 0.359 e. The van der Waals surface area contributed by atoms with Crippen molar-refractivity contribution < 1.29 is 4.74 Å². The molecule has 0 aromatic heterocycles. The monoisotopic (exact) mass is 243 g/mol. The number of nitrogens with zero attached hydrogens (tertiary/aromatic N) is 1. The highest BCUT2D eigenvalue weighted by atomic mass is 35.5. The molecule has 1 aromatic carbocycles. The minimum absolute atomic E-state index is 0. The van der Waals surface area contributed by atoms with Gasteiger partial charge in [-0.2, -0.15) is 0 Å². The van der Waals surface area contributed by atoms with Crippen LogP contribution in [0.5, 0.6) is 0 Å². The second-order valence-electron chi connectivity index (χ2n) is 3.44. The highest BCUT2D eigenvalue weighted by Gasteiger charge is 2.16. The highest BCUT2D eigenvalue weighted by molar-refractivity contribution is 5.85. The Morgan fingerprint density at radius 3 is 2.06 bits per heavy atom. The summed E-state index contributed by atoms with van der Waals surface area (Å²) < 4.78 is 5.80. The van der Waals surface area contributed by atoms with E-state index in [1.807, 2.05) is 13.0 Å². The van der Waals surface area contributed by atoms with Crippen molar-refractivity contribution in [1.29, 1.82) is 0 Å². The number of benzene rings is 1. The molecule has 1 unspecified atom stereocenters. The normalized spacial score (nSPS) is 12.2. The molecule has 0 saturated carbocycles. The molecule has 0 spiro atoms. The fourth-order valence-corrected chi connectivity index (χ4v) is 1.74. The zero-order valence-electron chi connectivity index (χ0n) is 10.3. The fraction of sp³-hybridized carbons (Fsp3) is 0.538. The summed E-state index contributed by atoms with van der Waals surface area (Å²) in [4.78, 5) is 2.32. The van der Waals surface area contributed by atoms with Crippen LogP contribution in [0.4, 0.5) is 0 Å². The molecule has 0 saturated heterocycles. The van der Waals surface area contributed by atoms with Gasteiger partial charge in [0.1, 0.15) is 6.23 Å². The van der Waals surface area contributed by atoms with Gasteiger partial charge in [-0.05, 0) is 25.6 Å². The van der Waals surface area contributed by atoms with E-state index in [1.165, 1.54) is 5.56 Å². The Kier molecular flexibility index (Phi) is 8.26.